The van der Waals surface area contributed by atoms with Crippen LogP contribution in [0.25, 0.3) is 0 Å². The van der Waals surface area contributed by atoms with Gasteiger partial charge >= 0.3 is 12.0 Å². The molecule has 0 aliphatic carbocycles. The summed E-state index contributed by atoms with van der Waals surface area (Å²) in [7, 11) is 0. The monoisotopic (exact) mass is 258 g/mol. The fourth-order valence-corrected chi connectivity index (χ4v) is 1.10. The summed E-state index contributed by atoms with van der Waals surface area (Å²) in [4.78, 5) is 21.0. The third-order valence-electron chi connectivity index (χ3n) is 1.75. The minimum Gasteiger partial charge on any atom is -0.358 e. The number of aromatic amines is 1. The number of hydrogen-bond donors (Lipinski definition) is 1. The van der Waals surface area contributed by atoms with Crippen LogP contribution in [0.5, 0.6) is 0 Å². The third-order valence-corrected chi connectivity index (χ3v) is 1.75. The van der Waals surface area contributed by atoms with Crippen LogP contribution in [0.15, 0.2) is 10.9 Å². The molecule has 0 atom stereocenters. The summed E-state index contributed by atoms with van der Waals surface area (Å²) in [5.41, 5.74) is -5.67. The van der Waals surface area contributed by atoms with Crippen LogP contribution in [0.2, 0.25) is 0 Å². The van der Waals surface area contributed by atoms with E-state index in [0.29, 0.717) is 0 Å². The lowest BCUT2D eigenvalue weighted by atomic mass is 10.2. The van der Waals surface area contributed by atoms with E-state index in [1.165, 1.54) is 4.98 Å². The average Bonchev–Trinajstić information content (AvgIpc) is 2.14. The Balaban J connectivity index is 3.63. The van der Waals surface area contributed by atoms with Crippen molar-refractivity contribution in [2.45, 2.75) is 12.6 Å². The summed E-state index contributed by atoms with van der Waals surface area (Å²) in [6.45, 7) is 0. The Bertz CT molecular complexity index is 507. The molecule has 94 valence electrons. The van der Waals surface area contributed by atoms with Gasteiger partial charge in [-0.2, -0.15) is 13.2 Å². The highest BCUT2D eigenvalue weighted by Crippen LogP contribution is 2.34. The van der Waals surface area contributed by atoms with Gasteiger partial charge in [0, 0.05) is 0 Å². The quantitative estimate of drug-likeness (QED) is 0.502. The van der Waals surface area contributed by atoms with Crippen LogP contribution in [0.3, 0.4) is 0 Å². The number of nitrogens with zero attached hydrogens (tertiary/aromatic N) is 1. The topological polar surface area (TPSA) is 76.0 Å². The molecule has 1 rings (SSSR count). The Labute approximate surface area is 89.0 Å². The van der Waals surface area contributed by atoms with Crippen molar-refractivity contribution in [3.63, 3.8) is 0 Å². The molecule has 0 aromatic carbocycles. The van der Waals surface area contributed by atoms with E-state index in [0.717, 1.165) is 0 Å². The zero-order valence-corrected chi connectivity index (χ0v) is 7.72. The number of H-pyrrole nitrogens is 1. The first-order valence-electron chi connectivity index (χ1n) is 3.91. The van der Waals surface area contributed by atoms with Crippen LogP contribution in [0.4, 0.5) is 27.8 Å². The molecule has 5 nitrogen and oxygen atoms in total. The van der Waals surface area contributed by atoms with Crippen LogP contribution < -0.4 is 5.43 Å². The van der Waals surface area contributed by atoms with Gasteiger partial charge in [-0.05, 0) is 4.92 Å². The van der Waals surface area contributed by atoms with E-state index in [1.807, 2.05) is 0 Å². The molecule has 0 bridgehead atoms. The highest BCUT2D eigenvalue weighted by atomic mass is 19.4. The molecular weight excluding hydrogens is 255 g/mol. The number of nitrogens with one attached hydrogen (secondary N) is 1. The molecule has 0 spiro atoms. The molecule has 1 aromatic rings. The van der Waals surface area contributed by atoms with Gasteiger partial charge in [0.05, 0.1) is 6.07 Å². The van der Waals surface area contributed by atoms with E-state index in [1.54, 1.807) is 0 Å². The first-order chi connectivity index (χ1) is 7.64. The summed E-state index contributed by atoms with van der Waals surface area (Å²) in [5, 5.41) is 10.2. The van der Waals surface area contributed by atoms with Gasteiger partial charge in [-0.3, -0.25) is 4.79 Å². The minimum absolute atomic E-state index is 0.0801. The SMILES string of the molecule is O=c1cc([N+](=O)[O-])[nH]c(C(F)(F)F)c1C(F)F. The lowest BCUT2D eigenvalue weighted by molar-refractivity contribution is -0.390. The van der Waals surface area contributed by atoms with Gasteiger partial charge in [0.1, 0.15) is 5.56 Å². The Hall–Kier alpha value is -2.00. The van der Waals surface area contributed by atoms with Crippen molar-refractivity contribution in [2.24, 2.45) is 0 Å². The highest BCUT2D eigenvalue weighted by molar-refractivity contribution is 5.32. The molecule has 1 heterocycles. The number of nitro groups is 1. The second-order valence-corrected chi connectivity index (χ2v) is 2.86. The van der Waals surface area contributed by atoms with E-state index in [2.05, 4.69) is 0 Å². The molecule has 0 aliphatic rings. The maximum Gasteiger partial charge on any atom is 0.454 e. The van der Waals surface area contributed by atoms with Crippen LogP contribution in [-0.2, 0) is 6.18 Å². The fourth-order valence-electron chi connectivity index (χ4n) is 1.10. The van der Waals surface area contributed by atoms with Gasteiger partial charge in [0.25, 0.3) is 6.43 Å². The van der Waals surface area contributed by atoms with Gasteiger partial charge in [-0.1, -0.05) is 0 Å². The van der Waals surface area contributed by atoms with Gasteiger partial charge in [-0.25, -0.2) is 13.8 Å². The summed E-state index contributed by atoms with van der Waals surface area (Å²) >= 11 is 0. The van der Waals surface area contributed by atoms with Crippen molar-refractivity contribution in [3.8, 4) is 0 Å². The van der Waals surface area contributed by atoms with Crippen molar-refractivity contribution in [1.82, 2.24) is 4.98 Å². The van der Waals surface area contributed by atoms with Gasteiger partial charge in [0.2, 0.25) is 5.69 Å². The third kappa shape index (κ3) is 2.57. The fraction of sp³-hybridized carbons (Fsp3) is 0.286. The molecule has 10 heteroatoms. The maximum atomic E-state index is 12.3. The molecule has 0 saturated heterocycles. The molecule has 17 heavy (non-hydrogen) atoms. The Morgan fingerprint density at radius 1 is 1.35 bits per heavy atom. The minimum atomic E-state index is -5.31. The predicted octanol–water partition coefficient (Wildman–Crippen LogP) is 2.24. The van der Waals surface area contributed by atoms with E-state index in [9.17, 15) is 36.9 Å². The number of rotatable bonds is 2. The zero-order valence-electron chi connectivity index (χ0n) is 7.72. The number of pyridine rings is 1. The van der Waals surface area contributed by atoms with E-state index in [-0.39, 0.29) is 6.07 Å². The standard InChI is InChI=1S/C7H3F5N2O3/c8-6(9)4-2(15)1-3(14(16)17)13-5(4)7(10,11)12/h1,6H,(H,13,15). The highest BCUT2D eigenvalue weighted by Gasteiger charge is 2.42. The van der Waals surface area contributed by atoms with Gasteiger partial charge in [0.15, 0.2) is 5.43 Å². The van der Waals surface area contributed by atoms with Crippen molar-refractivity contribution < 1.29 is 26.9 Å². The molecule has 1 aromatic heterocycles. The average molecular weight is 258 g/mol. The molecule has 0 saturated carbocycles. The first-order valence-corrected chi connectivity index (χ1v) is 3.91. The molecule has 1 N–H and O–H groups in total. The lowest BCUT2D eigenvalue weighted by Gasteiger charge is -2.08. The predicted molar refractivity (Wildman–Crippen MR) is 43.7 cm³/mol. The summed E-state index contributed by atoms with van der Waals surface area (Å²) in [5.74, 6) is -1.30. The second kappa shape index (κ2) is 4.11. The smallest absolute Gasteiger partial charge is 0.358 e. The molecule has 0 aliphatic heterocycles. The zero-order chi connectivity index (χ0) is 13.4. The Kier molecular flexibility index (Phi) is 3.16. The number of alkyl halides is 5. The van der Waals surface area contributed by atoms with Crippen molar-refractivity contribution in [2.75, 3.05) is 0 Å². The lowest BCUT2D eigenvalue weighted by Crippen LogP contribution is -2.21. The van der Waals surface area contributed by atoms with E-state index < -0.39 is 40.0 Å². The van der Waals surface area contributed by atoms with Crippen LogP contribution >= 0.6 is 0 Å². The van der Waals surface area contributed by atoms with Gasteiger partial charge in [-0.15, -0.1) is 0 Å². The van der Waals surface area contributed by atoms with Crippen molar-refractivity contribution >= 4 is 5.82 Å². The van der Waals surface area contributed by atoms with E-state index >= 15 is 0 Å². The molecule has 0 unspecified atom stereocenters. The largest absolute Gasteiger partial charge is 0.454 e. The van der Waals surface area contributed by atoms with Gasteiger partial charge < -0.3 is 10.1 Å². The Morgan fingerprint density at radius 2 is 1.88 bits per heavy atom. The molecule has 0 radical (unpaired) electrons. The summed E-state index contributed by atoms with van der Waals surface area (Å²) < 4.78 is 61.4. The van der Waals surface area contributed by atoms with Crippen LogP contribution in [-0.4, -0.2) is 9.91 Å². The van der Waals surface area contributed by atoms with Crippen LogP contribution in [0, 0.1) is 10.1 Å². The number of hydrogen-bond acceptors (Lipinski definition) is 3. The van der Waals surface area contributed by atoms with E-state index in [4.69, 9.17) is 0 Å². The first kappa shape index (κ1) is 13.1. The number of halogens is 5. The summed E-state index contributed by atoms with van der Waals surface area (Å²) in [6, 6.07) is 0.0801. The maximum absolute atomic E-state index is 12.3. The molecule has 0 amide bonds. The Morgan fingerprint density at radius 3 is 2.24 bits per heavy atom. The normalized spacial score (nSPS) is 11.9. The van der Waals surface area contributed by atoms with Crippen LogP contribution in [0.1, 0.15) is 17.7 Å². The van der Waals surface area contributed by atoms with Crippen molar-refractivity contribution in [1.29, 1.82) is 0 Å². The van der Waals surface area contributed by atoms with Crippen molar-refractivity contribution in [3.05, 3.63) is 37.7 Å². The second-order valence-electron chi connectivity index (χ2n) is 2.86. The summed E-state index contributed by atoms with van der Waals surface area (Å²) in [6.07, 6.45) is -8.99. The molecule has 0 fully saturated rings. The number of aromatic nitrogens is 1. The molecular formula is C7H3F5N2O3.